The molecule has 0 spiro atoms. The molecular weight excluding hydrogens is 324 g/mol. The molecule has 1 aromatic carbocycles. The van der Waals surface area contributed by atoms with E-state index in [-0.39, 0.29) is 0 Å². The maximum Gasteiger partial charge on any atom is 0.248 e. The number of hydrogen-bond acceptors (Lipinski definition) is 6. The lowest BCUT2D eigenvalue weighted by Gasteiger charge is -2.32. The van der Waals surface area contributed by atoms with Gasteiger partial charge in [0, 0.05) is 11.9 Å². The molecule has 0 radical (unpaired) electrons. The molecule has 1 aliphatic rings. The fourth-order valence-corrected chi connectivity index (χ4v) is 3.49. The van der Waals surface area contributed by atoms with E-state index < -0.39 is 12.0 Å². The molecule has 0 bridgehead atoms. The van der Waals surface area contributed by atoms with E-state index in [9.17, 15) is 4.79 Å². The summed E-state index contributed by atoms with van der Waals surface area (Å²) in [6.07, 6.45) is -0.613. The number of rotatable bonds is 3. The lowest BCUT2D eigenvalue weighted by atomic mass is 10.2. The van der Waals surface area contributed by atoms with Crippen molar-refractivity contribution in [2.75, 3.05) is 24.6 Å². The second-order valence-electron chi connectivity index (χ2n) is 5.57. The topological polar surface area (TPSA) is 81.3 Å². The molecule has 2 N–H and O–H groups in total. The Morgan fingerprint density at radius 1 is 1.25 bits per heavy atom. The maximum atomic E-state index is 11.5. The van der Waals surface area contributed by atoms with Gasteiger partial charge in [0.05, 0.1) is 23.5 Å². The highest BCUT2D eigenvalue weighted by Gasteiger charge is 2.27. The van der Waals surface area contributed by atoms with Gasteiger partial charge in [0.25, 0.3) is 0 Å². The quantitative estimate of drug-likeness (QED) is 0.789. The van der Waals surface area contributed by atoms with Crippen LogP contribution in [0, 0.1) is 0 Å². The Bertz CT molecular complexity index is 881. The minimum Gasteiger partial charge on any atom is -0.367 e. The first kappa shape index (κ1) is 15.0. The summed E-state index contributed by atoms with van der Waals surface area (Å²) in [4.78, 5) is 24.0. The summed E-state index contributed by atoms with van der Waals surface area (Å²) < 4.78 is 5.45. The van der Waals surface area contributed by atoms with Gasteiger partial charge in [0.1, 0.15) is 5.82 Å². The number of carbonyl (C=O) groups is 1. The van der Waals surface area contributed by atoms with Crippen LogP contribution in [-0.2, 0) is 9.53 Å². The van der Waals surface area contributed by atoms with Gasteiger partial charge >= 0.3 is 0 Å². The molecule has 122 valence electrons. The highest BCUT2D eigenvalue weighted by atomic mass is 32.1. The standard InChI is InChI=1S/C17H16N4O2S/c18-15(22)13-10-21(7-8-23-13)17-11-4-1-2-5-12(11)19-16(20-17)14-6-3-9-24-14/h1-6,9,13H,7-8,10H2,(H2,18,22). The predicted octanol–water partition coefficient (Wildman–Crippen LogP) is 2.05. The lowest BCUT2D eigenvalue weighted by Crippen LogP contribution is -2.48. The molecule has 1 unspecified atom stereocenters. The van der Waals surface area contributed by atoms with Crippen LogP contribution in [-0.4, -0.2) is 41.7 Å². The highest BCUT2D eigenvalue weighted by Crippen LogP contribution is 2.30. The van der Waals surface area contributed by atoms with E-state index in [1.165, 1.54) is 0 Å². The summed E-state index contributed by atoms with van der Waals surface area (Å²) >= 11 is 1.60. The summed E-state index contributed by atoms with van der Waals surface area (Å²) in [6, 6.07) is 11.9. The molecule has 2 aromatic heterocycles. The average Bonchev–Trinajstić information content (AvgIpc) is 3.15. The van der Waals surface area contributed by atoms with Crippen LogP contribution in [0.25, 0.3) is 21.6 Å². The van der Waals surface area contributed by atoms with Gasteiger partial charge in [-0.05, 0) is 23.6 Å². The van der Waals surface area contributed by atoms with Gasteiger partial charge < -0.3 is 15.4 Å². The molecule has 24 heavy (non-hydrogen) atoms. The van der Waals surface area contributed by atoms with Gasteiger partial charge in [-0.1, -0.05) is 18.2 Å². The van der Waals surface area contributed by atoms with E-state index in [0.717, 1.165) is 21.6 Å². The SMILES string of the molecule is NC(=O)C1CN(c2nc(-c3cccs3)nc3ccccc23)CCO1. The molecule has 0 aliphatic carbocycles. The van der Waals surface area contributed by atoms with E-state index in [1.807, 2.05) is 41.8 Å². The molecular formula is C17H16N4O2S. The third-order valence-corrected chi connectivity index (χ3v) is 4.87. The van der Waals surface area contributed by atoms with Crippen LogP contribution in [0.4, 0.5) is 5.82 Å². The number of para-hydroxylation sites is 1. The summed E-state index contributed by atoms with van der Waals surface area (Å²) in [6.45, 7) is 1.51. The molecule has 1 aliphatic heterocycles. The number of anilines is 1. The van der Waals surface area contributed by atoms with Crippen LogP contribution < -0.4 is 10.6 Å². The second kappa shape index (κ2) is 6.18. The molecule has 1 saturated heterocycles. The Morgan fingerprint density at radius 2 is 2.12 bits per heavy atom. The van der Waals surface area contributed by atoms with E-state index in [1.54, 1.807) is 11.3 Å². The van der Waals surface area contributed by atoms with E-state index in [2.05, 4.69) is 9.88 Å². The van der Waals surface area contributed by atoms with Gasteiger partial charge in [-0.2, -0.15) is 0 Å². The van der Waals surface area contributed by atoms with E-state index in [0.29, 0.717) is 25.5 Å². The molecule has 6 nitrogen and oxygen atoms in total. The normalized spacial score (nSPS) is 18.0. The van der Waals surface area contributed by atoms with Crippen LogP contribution in [0.3, 0.4) is 0 Å². The molecule has 7 heteroatoms. The lowest BCUT2D eigenvalue weighted by molar-refractivity contribution is -0.130. The van der Waals surface area contributed by atoms with Crippen molar-refractivity contribution >= 4 is 34.0 Å². The van der Waals surface area contributed by atoms with Crippen LogP contribution in [0.5, 0.6) is 0 Å². The number of primary amides is 1. The van der Waals surface area contributed by atoms with Crippen molar-refractivity contribution in [3.8, 4) is 10.7 Å². The number of morpholine rings is 1. The monoisotopic (exact) mass is 340 g/mol. The maximum absolute atomic E-state index is 11.5. The molecule has 3 heterocycles. The minimum absolute atomic E-state index is 0.403. The largest absolute Gasteiger partial charge is 0.367 e. The van der Waals surface area contributed by atoms with Gasteiger partial charge in [0.2, 0.25) is 5.91 Å². The third kappa shape index (κ3) is 2.72. The summed E-state index contributed by atoms with van der Waals surface area (Å²) in [5, 5.41) is 2.97. The summed E-state index contributed by atoms with van der Waals surface area (Å²) in [7, 11) is 0. The number of nitrogens with two attached hydrogens (primary N) is 1. The molecule has 1 atom stereocenters. The molecule has 1 fully saturated rings. The number of carbonyl (C=O) groups excluding carboxylic acids is 1. The fourth-order valence-electron chi connectivity index (χ4n) is 2.83. The number of amides is 1. The van der Waals surface area contributed by atoms with Crippen LogP contribution in [0.2, 0.25) is 0 Å². The predicted molar refractivity (Wildman–Crippen MR) is 94.0 cm³/mol. The Hall–Kier alpha value is -2.51. The zero-order valence-electron chi connectivity index (χ0n) is 12.9. The van der Waals surface area contributed by atoms with Gasteiger partial charge in [-0.3, -0.25) is 4.79 Å². The second-order valence-corrected chi connectivity index (χ2v) is 6.52. The zero-order valence-corrected chi connectivity index (χ0v) is 13.7. The number of hydrogen-bond donors (Lipinski definition) is 1. The minimum atomic E-state index is -0.613. The van der Waals surface area contributed by atoms with Crippen molar-refractivity contribution in [2.24, 2.45) is 5.73 Å². The number of nitrogens with zero attached hydrogens (tertiary/aromatic N) is 3. The van der Waals surface area contributed by atoms with Gasteiger partial charge in [0.15, 0.2) is 11.9 Å². The number of aromatic nitrogens is 2. The van der Waals surface area contributed by atoms with E-state index >= 15 is 0 Å². The van der Waals surface area contributed by atoms with Crippen LogP contribution in [0.15, 0.2) is 41.8 Å². The van der Waals surface area contributed by atoms with Crippen molar-refractivity contribution in [1.82, 2.24) is 9.97 Å². The Morgan fingerprint density at radius 3 is 2.92 bits per heavy atom. The summed E-state index contributed by atoms with van der Waals surface area (Å²) in [5.41, 5.74) is 6.29. The molecule has 4 rings (SSSR count). The van der Waals surface area contributed by atoms with E-state index in [4.69, 9.17) is 15.5 Å². The Balaban J connectivity index is 1.82. The zero-order chi connectivity index (χ0) is 16.5. The van der Waals surface area contributed by atoms with Gasteiger partial charge in [-0.15, -0.1) is 11.3 Å². The molecule has 0 saturated carbocycles. The number of ether oxygens (including phenoxy) is 1. The Labute approximate surface area is 142 Å². The van der Waals surface area contributed by atoms with Crippen molar-refractivity contribution in [3.05, 3.63) is 41.8 Å². The molecule has 3 aromatic rings. The third-order valence-electron chi connectivity index (χ3n) is 4.01. The first-order valence-electron chi connectivity index (χ1n) is 7.69. The van der Waals surface area contributed by atoms with Crippen molar-refractivity contribution in [2.45, 2.75) is 6.10 Å². The van der Waals surface area contributed by atoms with Crippen LogP contribution >= 0.6 is 11.3 Å². The Kier molecular flexibility index (Phi) is 3.87. The summed E-state index contributed by atoms with van der Waals surface area (Å²) in [5.74, 6) is 1.07. The highest BCUT2D eigenvalue weighted by molar-refractivity contribution is 7.13. The van der Waals surface area contributed by atoms with Gasteiger partial charge in [-0.25, -0.2) is 9.97 Å². The number of benzene rings is 1. The fraction of sp³-hybridized carbons (Fsp3) is 0.235. The van der Waals surface area contributed by atoms with Crippen molar-refractivity contribution in [1.29, 1.82) is 0 Å². The van der Waals surface area contributed by atoms with Crippen LogP contribution in [0.1, 0.15) is 0 Å². The smallest absolute Gasteiger partial charge is 0.248 e. The average molecular weight is 340 g/mol. The first-order valence-corrected chi connectivity index (χ1v) is 8.57. The number of thiophene rings is 1. The number of fused-ring (bicyclic) bond motifs is 1. The van der Waals surface area contributed by atoms with Crippen molar-refractivity contribution in [3.63, 3.8) is 0 Å². The first-order chi connectivity index (χ1) is 11.7. The molecule has 1 amide bonds. The van der Waals surface area contributed by atoms with Crippen molar-refractivity contribution < 1.29 is 9.53 Å².